The van der Waals surface area contributed by atoms with Crippen LogP contribution in [-0.2, 0) is 11.2 Å². The lowest BCUT2D eigenvalue weighted by Gasteiger charge is -2.17. The van der Waals surface area contributed by atoms with Crippen LogP contribution in [0.3, 0.4) is 0 Å². The molecule has 1 fully saturated rings. The summed E-state index contributed by atoms with van der Waals surface area (Å²) in [5.74, 6) is 0.558. The highest BCUT2D eigenvalue weighted by molar-refractivity contribution is 6.30. The fraction of sp³-hybridized carbons (Fsp3) is 0.462. The van der Waals surface area contributed by atoms with Crippen molar-refractivity contribution in [2.45, 2.75) is 30.9 Å². The second kappa shape index (κ2) is 4.14. The number of halogens is 1. The number of hydrogen-bond acceptors (Lipinski definition) is 3. The minimum Gasteiger partial charge on any atom is -0.480 e. The molecule has 2 N–H and O–H groups in total. The molecule has 1 unspecified atom stereocenters. The Kier molecular flexibility index (Phi) is 2.72. The Hall–Kier alpha value is -1.26. The molecule has 1 aliphatic heterocycles. The van der Waals surface area contributed by atoms with Crippen molar-refractivity contribution in [1.82, 2.24) is 5.32 Å². The lowest BCUT2D eigenvalue weighted by atomic mass is 10.1. The predicted octanol–water partition coefficient (Wildman–Crippen LogP) is 1.28. The molecule has 1 atom stereocenters. The average molecular weight is 268 g/mol. The molecule has 0 bridgehead atoms. The quantitative estimate of drug-likeness (QED) is 0.868. The normalized spacial score (nSPS) is 23.1. The molecule has 4 nitrogen and oxygen atoms in total. The van der Waals surface area contributed by atoms with Crippen molar-refractivity contribution < 1.29 is 14.6 Å². The van der Waals surface area contributed by atoms with Crippen molar-refractivity contribution in [2.75, 3.05) is 6.61 Å². The lowest BCUT2D eigenvalue weighted by molar-refractivity contribution is -0.128. The first-order chi connectivity index (χ1) is 8.62. The van der Waals surface area contributed by atoms with E-state index < -0.39 is 11.6 Å². The van der Waals surface area contributed by atoms with Gasteiger partial charge in [-0.2, -0.15) is 0 Å². The number of carbonyl (C=O) groups excluding carboxylic acids is 1. The zero-order valence-electron chi connectivity index (χ0n) is 9.78. The Morgan fingerprint density at radius 3 is 3.00 bits per heavy atom. The molecule has 96 valence electrons. The third-order valence-electron chi connectivity index (χ3n) is 3.53. The summed E-state index contributed by atoms with van der Waals surface area (Å²) in [6.45, 7) is -0.00969. The molecule has 3 rings (SSSR count). The number of aliphatic hydroxyl groups excluding tert-OH is 1. The molecule has 1 heterocycles. The Labute approximate surface area is 110 Å². The van der Waals surface area contributed by atoms with E-state index in [4.69, 9.17) is 16.3 Å². The number of fused-ring (bicyclic) bond motifs is 1. The number of carbonyl (C=O) groups is 1. The first-order valence-electron chi connectivity index (χ1n) is 6.00. The highest BCUT2D eigenvalue weighted by Crippen LogP contribution is 2.36. The van der Waals surface area contributed by atoms with Crippen molar-refractivity contribution in [2.24, 2.45) is 0 Å². The zero-order valence-corrected chi connectivity index (χ0v) is 10.5. The maximum atomic E-state index is 12.0. The highest BCUT2D eigenvalue weighted by atomic mass is 35.5. The summed E-state index contributed by atoms with van der Waals surface area (Å²) in [7, 11) is 0. The minimum atomic E-state index is -0.512. The van der Waals surface area contributed by atoms with Gasteiger partial charge >= 0.3 is 0 Å². The summed E-state index contributed by atoms with van der Waals surface area (Å²) >= 11 is 5.90. The molecule has 0 saturated heterocycles. The summed E-state index contributed by atoms with van der Waals surface area (Å²) in [6, 6.07) is 5.35. The van der Waals surface area contributed by atoms with E-state index in [-0.39, 0.29) is 12.5 Å². The molecule has 1 aromatic rings. The predicted molar refractivity (Wildman–Crippen MR) is 66.8 cm³/mol. The summed E-state index contributed by atoms with van der Waals surface area (Å²) < 4.78 is 5.59. The van der Waals surface area contributed by atoms with E-state index in [0.29, 0.717) is 17.2 Å². The van der Waals surface area contributed by atoms with Crippen LogP contribution in [0.25, 0.3) is 0 Å². The molecule has 0 radical (unpaired) electrons. The van der Waals surface area contributed by atoms with E-state index in [2.05, 4.69) is 5.32 Å². The number of amides is 1. The van der Waals surface area contributed by atoms with E-state index >= 15 is 0 Å². The van der Waals surface area contributed by atoms with Gasteiger partial charge in [-0.3, -0.25) is 4.79 Å². The second-order valence-corrected chi connectivity index (χ2v) is 5.43. The van der Waals surface area contributed by atoms with Gasteiger partial charge in [-0.1, -0.05) is 11.6 Å². The summed E-state index contributed by atoms with van der Waals surface area (Å²) in [6.07, 6.45) is 1.69. The van der Waals surface area contributed by atoms with Gasteiger partial charge in [-0.25, -0.2) is 0 Å². The standard InChI is InChI=1S/C13H14ClNO3/c14-9-1-2-10-8(5-9)6-11(18-10)12(17)15-13(7-16)3-4-13/h1-2,5,11,16H,3-4,6-7H2,(H,15,17). The Morgan fingerprint density at radius 1 is 1.56 bits per heavy atom. The Bertz CT molecular complexity index is 499. The van der Waals surface area contributed by atoms with Crippen LogP contribution in [0.1, 0.15) is 18.4 Å². The number of aliphatic hydroxyl groups is 1. The molecule has 5 heteroatoms. The van der Waals surface area contributed by atoms with Crippen LogP contribution in [0.5, 0.6) is 5.75 Å². The van der Waals surface area contributed by atoms with E-state index in [1.165, 1.54) is 0 Å². The summed E-state index contributed by atoms with van der Waals surface area (Å²) in [4.78, 5) is 12.0. The maximum Gasteiger partial charge on any atom is 0.261 e. The molecular formula is C13H14ClNO3. The van der Waals surface area contributed by atoms with Crippen LogP contribution in [0, 0.1) is 0 Å². The number of ether oxygens (including phenoxy) is 1. The maximum absolute atomic E-state index is 12.0. The summed E-state index contributed by atoms with van der Waals surface area (Å²) in [5.41, 5.74) is 0.559. The first kappa shape index (κ1) is 11.8. The van der Waals surface area contributed by atoms with Gasteiger partial charge in [0, 0.05) is 11.4 Å². The van der Waals surface area contributed by atoms with Gasteiger partial charge < -0.3 is 15.2 Å². The fourth-order valence-corrected chi connectivity index (χ4v) is 2.37. The molecule has 1 saturated carbocycles. The smallest absolute Gasteiger partial charge is 0.261 e. The highest BCUT2D eigenvalue weighted by Gasteiger charge is 2.45. The topological polar surface area (TPSA) is 58.6 Å². The van der Waals surface area contributed by atoms with E-state index in [1.807, 2.05) is 6.07 Å². The molecular weight excluding hydrogens is 254 g/mol. The summed E-state index contributed by atoms with van der Waals surface area (Å²) in [5, 5.41) is 12.7. The lowest BCUT2D eigenvalue weighted by Crippen LogP contribution is -2.46. The number of hydrogen-bond donors (Lipinski definition) is 2. The van der Waals surface area contributed by atoms with Crippen molar-refractivity contribution in [3.05, 3.63) is 28.8 Å². The third-order valence-corrected chi connectivity index (χ3v) is 3.77. The van der Waals surface area contributed by atoms with Gasteiger partial charge in [0.15, 0.2) is 6.10 Å². The third kappa shape index (κ3) is 2.06. The Morgan fingerprint density at radius 2 is 2.33 bits per heavy atom. The van der Waals surface area contributed by atoms with Gasteiger partial charge in [0.05, 0.1) is 12.1 Å². The SMILES string of the molecule is O=C(NC1(CO)CC1)C1Cc2cc(Cl)ccc2O1. The largest absolute Gasteiger partial charge is 0.480 e. The monoisotopic (exact) mass is 267 g/mol. The van der Waals surface area contributed by atoms with Gasteiger partial charge in [0.1, 0.15) is 5.75 Å². The van der Waals surface area contributed by atoms with Crippen LogP contribution >= 0.6 is 11.6 Å². The zero-order chi connectivity index (χ0) is 12.8. The number of rotatable bonds is 3. The molecule has 1 aliphatic carbocycles. The molecule has 2 aliphatic rings. The van der Waals surface area contributed by atoms with E-state index in [0.717, 1.165) is 18.4 Å². The van der Waals surface area contributed by atoms with Crippen LogP contribution in [0.4, 0.5) is 0 Å². The van der Waals surface area contributed by atoms with Crippen molar-refractivity contribution >= 4 is 17.5 Å². The van der Waals surface area contributed by atoms with E-state index in [1.54, 1.807) is 12.1 Å². The number of benzene rings is 1. The number of nitrogens with one attached hydrogen (secondary N) is 1. The molecule has 0 spiro atoms. The first-order valence-corrected chi connectivity index (χ1v) is 6.38. The van der Waals surface area contributed by atoms with Crippen molar-refractivity contribution in [3.8, 4) is 5.75 Å². The van der Waals surface area contributed by atoms with Crippen LogP contribution in [0.15, 0.2) is 18.2 Å². The van der Waals surface area contributed by atoms with Gasteiger partial charge in [0.2, 0.25) is 0 Å². The minimum absolute atomic E-state index is 0.00969. The molecule has 0 aromatic heterocycles. The fourth-order valence-electron chi connectivity index (χ4n) is 2.18. The molecule has 1 aromatic carbocycles. The van der Waals surface area contributed by atoms with Gasteiger partial charge in [-0.15, -0.1) is 0 Å². The second-order valence-electron chi connectivity index (χ2n) is 4.99. The van der Waals surface area contributed by atoms with Crippen molar-refractivity contribution in [3.63, 3.8) is 0 Å². The molecule has 18 heavy (non-hydrogen) atoms. The van der Waals surface area contributed by atoms with E-state index in [9.17, 15) is 9.90 Å². The average Bonchev–Trinajstić information content (AvgIpc) is 2.99. The molecule has 1 amide bonds. The van der Waals surface area contributed by atoms with Crippen LogP contribution in [-0.4, -0.2) is 29.3 Å². The van der Waals surface area contributed by atoms with Crippen molar-refractivity contribution in [1.29, 1.82) is 0 Å². The van der Waals surface area contributed by atoms with Gasteiger partial charge in [0.25, 0.3) is 5.91 Å². The Balaban J connectivity index is 1.68. The van der Waals surface area contributed by atoms with Crippen LogP contribution in [0.2, 0.25) is 5.02 Å². The van der Waals surface area contributed by atoms with Gasteiger partial charge in [-0.05, 0) is 36.6 Å². The van der Waals surface area contributed by atoms with Crippen LogP contribution < -0.4 is 10.1 Å².